The molecule has 0 aliphatic carbocycles. The smallest absolute Gasteiger partial charge is 0.228 e. The van der Waals surface area contributed by atoms with Gasteiger partial charge in [0, 0.05) is 18.9 Å². The van der Waals surface area contributed by atoms with Gasteiger partial charge in [-0.1, -0.05) is 0 Å². The molecule has 0 aromatic carbocycles. The third kappa shape index (κ3) is 3.39. The molecule has 0 radical (unpaired) electrons. The Morgan fingerprint density at radius 2 is 2.21 bits per heavy atom. The van der Waals surface area contributed by atoms with E-state index in [0.29, 0.717) is 4.60 Å². The standard InChI is InChI=1S/C9H12BrN5O3S/c10-6-2-13-9(8(11)14-6)15-3-5(1-7(15)16)4-19(12,17)18/h2,5H,1,3-4H2,(H2,11,14)(H2,12,17,18). The molecule has 19 heavy (non-hydrogen) atoms. The largest absolute Gasteiger partial charge is 0.381 e. The van der Waals surface area contributed by atoms with Crippen molar-refractivity contribution in [2.45, 2.75) is 6.42 Å². The van der Waals surface area contributed by atoms with Crippen LogP contribution in [-0.4, -0.2) is 36.6 Å². The summed E-state index contributed by atoms with van der Waals surface area (Å²) in [6.07, 6.45) is 1.53. The molecule has 8 nitrogen and oxygen atoms in total. The second kappa shape index (κ2) is 5.02. The number of rotatable bonds is 3. The normalized spacial score (nSPS) is 20.0. The van der Waals surface area contributed by atoms with Gasteiger partial charge < -0.3 is 5.73 Å². The summed E-state index contributed by atoms with van der Waals surface area (Å²) in [7, 11) is -3.61. The second-order valence-electron chi connectivity index (χ2n) is 4.31. The first-order valence-corrected chi connectivity index (χ1v) is 7.86. The van der Waals surface area contributed by atoms with Crippen LogP contribution in [0.4, 0.5) is 11.6 Å². The highest BCUT2D eigenvalue weighted by Gasteiger charge is 2.34. The molecule has 1 unspecified atom stereocenters. The maximum Gasteiger partial charge on any atom is 0.228 e. The van der Waals surface area contributed by atoms with Gasteiger partial charge >= 0.3 is 0 Å². The number of halogens is 1. The van der Waals surface area contributed by atoms with Gasteiger partial charge in [-0.05, 0) is 15.9 Å². The number of aromatic nitrogens is 2. The Kier molecular flexibility index (Phi) is 3.74. The Labute approximate surface area is 118 Å². The maximum absolute atomic E-state index is 11.9. The van der Waals surface area contributed by atoms with Crippen molar-refractivity contribution in [3.63, 3.8) is 0 Å². The van der Waals surface area contributed by atoms with Crippen molar-refractivity contribution in [3.05, 3.63) is 10.8 Å². The minimum Gasteiger partial charge on any atom is -0.381 e. The molecule has 104 valence electrons. The molecule has 2 rings (SSSR count). The molecule has 1 aliphatic rings. The number of anilines is 2. The fourth-order valence-corrected chi connectivity index (χ4v) is 3.18. The van der Waals surface area contributed by atoms with E-state index in [9.17, 15) is 13.2 Å². The molecule has 1 aromatic heterocycles. The topological polar surface area (TPSA) is 132 Å². The highest BCUT2D eigenvalue weighted by atomic mass is 79.9. The number of nitrogens with zero attached hydrogens (tertiary/aromatic N) is 3. The Morgan fingerprint density at radius 1 is 1.53 bits per heavy atom. The van der Waals surface area contributed by atoms with Crippen molar-refractivity contribution in [1.29, 1.82) is 0 Å². The van der Waals surface area contributed by atoms with Crippen LogP contribution in [0.1, 0.15) is 6.42 Å². The summed E-state index contributed by atoms with van der Waals surface area (Å²) in [5.74, 6) is -0.479. The molecular formula is C9H12BrN5O3S. The van der Waals surface area contributed by atoms with Gasteiger partial charge in [-0.25, -0.2) is 23.5 Å². The molecule has 1 fully saturated rings. The Morgan fingerprint density at radius 3 is 2.79 bits per heavy atom. The molecule has 1 atom stereocenters. The van der Waals surface area contributed by atoms with Gasteiger partial charge in [0.15, 0.2) is 11.6 Å². The molecular weight excluding hydrogens is 338 g/mol. The minimum atomic E-state index is -3.61. The van der Waals surface area contributed by atoms with E-state index in [1.807, 2.05) is 0 Å². The fraction of sp³-hybridized carbons (Fsp3) is 0.444. The number of hydrogen-bond donors (Lipinski definition) is 2. The zero-order valence-electron chi connectivity index (χ0n) is 9.78. The van der Waals surface area contributed by atoms with Gasteiger partial charge in [-0.15, -0.1) is 0 Å². The summed E-state index contributed by atoms with van der Waals surface area (Å²) >= 11 is 3.12. The lowest BCUT2D eigenvalue weighted by atomic mass is 10.1. The van der Waals surface area contributed by atoms with E-state index in [0.717, 1.165) is 0 Å². The summed E-state index contributed by atoms with van der Waals surface area (Å²) in [5.41, 5.74) is 5.70. The van der Waals surface area contributed by atoms with Crippen LogP contribution in [0.5, 0.6) is 0 Å². The highest BCUT2D eigenvalue weighted by molar-refractivity contribution is 9.10. The molecule has 0 spiro atoms. The maximum atomic E-state index is 11.9. The van der Waals surface area contributed by atoms with E-state index < -0.39 is 10.0 Å². The van der Waals surface area contributed by atoms with Gasteiger partial charge in [0.1, 0.15) is 4.60 Å². The molecule has 10 heteroatoms. The van der Waals surface area contributed by atoms with Crippen molar-refractivity contribution in [1.82, 2.24) is 9.97 Å². The average molecular weight is 350 g/mol. The van der Waals surface area contributed by atoms with Gasteiger partial charge in [0.2, 0.25) is 15.9 Å². The van der Waals surface area contributed by atoms with Gasteiger partial charge in [-0.2, -0.15) is 0 Å². The van der Waals surface area contributed by atoms with E-state index in [-0.39, 0.29) is 42.2 Å². The van der Waals surface area contributed by atoms with Crippen LogP contribution in [0.2, 0.25) is 0 Å². The number of nitrogens with two attached hydrogens (primary N) is 2. The molecule has 4 N–H and O–H groups in total. The van der Waals surface area contributed by atoms with Crippen molar-refractivity contribution >= 4 is 43.5 Å². The van der Waals surface area contributed by atoms with E-state index in [1.165, 1.54) is 11.1 Å². The Hall–Kier alpha value is -1.26. The molecule has 1 aromatic rings. The predicted octanol–water partition coefficient (Wildman–Crippen LogP) is -0.537. The molecule has 0 saturated carbocycles. The lowest BCUT2D eigenvalue weighted by Gasteiger charge is -2.16. The van der Waals surface area contributed by atoms with E-state index >= 15 is 0 Å². The minimum absolute atomic E-state index is 0.105. The first kappa shape index (κ1) is 14.2. The average Bonchev–Trinajstić information content (AvgIpc) is 2.56. The quantitative estimate of drug-likeness (QED) is 0.753. The molecule has 1 aliphatic heterocycles. The van der Waals surface area contributed by atoms with Crippen LogP contribution < -0.4 is 15.8 Å². The molecule has 0 bridgehead atoms. The van der Waals surface area contributed by atoms with Crippen molar-refractivity contribution < 1.29 is 13.2 Å². The predicted molar refractivity (Wildman–Crippen MR) is 72.6 cm³/mol. The van der Waals surface area contributed by atoms with Crippen LogP contribution in [0.25, 0.3) is 0 Å². The second-order valence-corrected chi connectivity index (χ2v) is 6.78. The van der Waals surface area contributed by atoms with Gasteiger partial charge in [0.05, 0.1) is 11.9 Å². The molecule has 2 heterocycles. The summed E-state index contributed by atoms with van der Waals surface area (Å²) in [6, 6.07) is 0. The number of carbonyl (C=O) groups excluding carboxylic acids is 1. The lowest BCUT2D eigenvalue weighted by Crippen LogP contribution is -2.29. The van der Waals surface area contributed by atoms with Crippen LogP contribution in [0.15, 0.2) is 10.8 Å². The first-order valence-electron chi connectivity index (χ1n) is 5.35. The third-order valence-electron chi connectivity index (χ3n) is 2.68. The third-order valence-corrected chi connectivity index (χ3v) is 4.00. The van der Waals surface area contributed by atoms with Crippen LogP contribution >= 0.6 is 15.9 Å². The highest BCUT2D eigenvalue weighted by Crippen LogP contribution is 2.27. The number of primary sulfonamides is 1. The van der Waals surface area contributed by atoms with E-state index in [1.54, 1.807) is 0 Å². The van der Waals surface area contributed by atoms with E-state index in [2.05, 4.69) is 25.9 Å². The first-order chi connectivity index (χ1) is 8.76. The zero-order chi connectivity index (χ0) is 14.2. The summed E-state index contributed by atoms with van der Waals surface area (Å²) < 4.78 is 22.5. The summed E-state index contributed by atoms with van der Waals surface area (Å²) in [6.45, 7) is 0.218. The number of carbonyl (C=O) groups is 1. The van der Waals surface area contributed by atoms with Gasteiger partial charge in [-0.3, -0.25) is 9.69 Å². The lowest BCUT2D eigenvalue weighted by molar-refractivity contribution is -0.117. The van der Waals surface area contributed by atoms with E-state index in [4.69, 9.17) is 10.9 Å². The van der Waals surface area contributed by atoms with Crippen LogP contribution in [0.3, 0.4) is 0 Å². The van der Waals surface area contributed by atoms with Crippen LogP contribution in [-0.2, 0) is 14.8 Å². The number of amides is 1. The van der Waals surface area contributed by atoms with Crippen LogP contribution in [0, 0.1) is 5.92 Å². The monoisotopic (exact) mass is 349 g/mol. The Bertz CT molecular complexity index is 620. The van der Waals surface area contributed by atoms with Crippen molar-refractivity contribution in [2.24, 2.45) is 11.1 Å². The SMILES string of the molecule is Nc1nc(Br)cnc1N1CC(CS(N)(=O)=O)CC1=O. The summed E-state index contributed by atoms with van der Waals surface area (Å²) in [5, 5.41) is 4.98. The van der Waals surface area contributed by atoms with Crippen molar-refractivity contribution in [2.75, 3.05) is 22.9 Å². The Balaban J connectivity index is 2.20. The zero-order valence-corrected chi connectivity index (χ0v) is 12.2. The molecule has 1 amide bonds. The number of sulfonamides is 1. The van der Waals surface area contributed by atoms with Gasteiger partial charge in [0.25, 0.3) is 0 Å². The fourth-order valence-electron chi connectivity index (χ4n) is 2.01. The molecule has 1 saturated heterocycles. The number of nitrogen functional groups attached to an aromatic ring is 1. The van der Waals surface area contributed by atoms with Crippen molar-refractivity contribution in [3.8, 4) is 0 Å². The number of hydrogen-bond acceptors (Lipinski definition) is 6. The summed E-state index contributed by atoms with van der Waals surface area (Å²) in [4.78, 5) is 21.2.